The first-order valence-electron chi connectivity index (χ1n) is 8.93. The van der Waals surface area contributed by atoms with Gasteiger partial charge in [-0.25, -0.2) is 0 Å². The van der Waals surface area contributed by atoms with Crippen molar-refractivity contribution in [2.24, 2.45) is 5.92 Å². The predicted molar refractivity (Wildman–Crippen MR) is 102 cm³/mol. The molecule has 0 bridgehead atoms. The molecule has 1 aliphatic rings. The first-order chi connectivity index (χ1) is 12.0. The molecule has 1 N–H and O–H groups in total. The Kier molecular flexibility index (Phi) is 8.00. The van der Waals surface area contributed by atoms with Gasteiger partial charge >= 0.3 is 0 Å². The monoisotopic (exact) mass is 368 g/mol. The Balaban J connectivity index is 1.73. The fraction of sp³-hybridized carbons (Fsp3) is 0.632. The standard InChI is InChI=1S/C19H29ClN2O3/c1-14-6-4-5-7-17(14)25-11-10-22(2)13-19(23)21-16-12-15(20)8-9-18(16)24-3/h8-9,12,14,17H,4-7,10-11,13H2,1-3H3,(H,21,23). The van der Waals surface area contributed by atoms with E-state index in [1.54, 1.807) is 25.3 Å². The summed E-state index contributed by atoms with van der Waals surface area (Å²) in [6.07, 6.45) is 5.35. The summed E-state index contributed by atoms with van der Waals surface area (Å²) in [5.74, 6) is 1.13. The van der Waals surface area contributed by atoms with E-state index in [9.17, 15) is 4.79 Å². The molecule has 1 fully saturated rings. The summed E-state index contributed by atoms with van der Waals surface area (Å²) in [4.78, 5) is 14.2. The van der Waals surface area contributed by atoms with Crippen molar-refractivity contribution in [2.45, 2.75) is 38.7 Å². The summed E-state index contributed by atoms with van der Waals surface area (Å²) in [6.45, 7) is 3.93. The van der Waals surface area contributed by atoms with Crippen molar-refractivity contribution < 1.29 is 14.3 Å². The molecule has 2 rings (SSSR count). The van der Waals surface area contributed by atoms with Crippen molar-refractivity contribution in [3.8, 4) is 5.75 Å². The molecule has 1 saturated carbocycles. The molecule has 25 heavy (non-hydrogen) atoms. The molecule has 0 heterocycles. The summed E-state index contributed by atoms with van der Waals surface area (Å²) < 4.78 is 11.2. The van der Waals surface area contributed by atoms with Gasteiger partial charge in [0.1, 0.15) is 5.75 Å². The van der Waals surface area contributed by atoms with Gasteiger partial charge in [-0.1, -0.05) is 31.4 Å². The number of amides is 1. The molecule has 0 spiro atoms. The van der Waals surface area contributed by atoms with Gasteiger partial charge in [-0.05, 0) is 44.0 Å². The Morgan fingerprint density at radius 1 is 1.36 bits per heavy atom. The number of nitrogens with zero attached hydrogens (tertiary/aromatic N) is 1. The van der Waals surface area contributed by atoms with Crippen molar-refractivity contribution in [2.75, 3.05) is 39.2 Å². The van der Waals surface area contributed by atoms with Gasteiger partial charge in [0.2, 0.25) is 5.91 Å². The minimum atomic E-state index is -0.103. The molecule has 0 aliphatic heterocycles. The lowest BCUT2D eigenvalue weighted by Gasteiger charge is -2.29. The summed E-state index contributed by atoms with van der Waals surface area (Å²) >= 11 is 5.98. The van der Waals surface area contributed by atoms with Gasteiger partial charge in [0.25, 0.3) is 0 Å². The molecule has 1 aromatic carbocycles. The second-order valence-corrected chi connectivity index (χ2v) is 7.24. The van der Waals surface area contributed by atoms with Crippen molar-refractivity contribution in [1.29, 1.82) is 0 Å². The average Bonchev–Trinajstić information content (AvgIpc) is 2.56. The van der Waals surface area contributed by atoms with E-state index in [2.05, 4.69) is 12.2 Å². The zero-order chi connectivity index (χ0) is 18.2. The number of halogens is 1. The topological polar surface area (TPSA) is 50.8 Å². The summed E-state index contributed by atoms with van der Waals surface area (Å²) in [6, 6.07) is 5.15. The highest BCUT2D eigenvalue weighted by Crippen LogP contribution is 2.28. The third kappa shape index (κ3) is 6.49. The summed E-state index contributed by atoms with van der Waals surface area (Å²) in [5.41, 5.74) is 0.584. The van der Waals surface area contributed by atoms with Crippen molar-refractivity contribution in [1.82, 2.24) is 4.90 Å². The average molecular weight is 369 g/mol. The van der Waals surface area contributed by atoms with Crippen molar-refractivity contribution >= 4 is 23.2 Å². The van der Waals surface area contributed by atoms with Crippen LogP contribution >= 0.6 is 11.6 Å². The number of rotatable bonds is 8. The molecule has 1 aliphatic carbocycles. The van der Waals surface area contributed by atoms with Crippen LogP contribution in [-0.2, 0) is 9.53 Å². The summed E-state index contributed by atoms with van der Waals surface area (Å²) in [5, 5.41) is 3.40. The Morgan fingerprint density at radius 2 is 2.12 bits per heavy atom. The zero-order valence-corrected chi connectivity index (χ0v) is 16.1. The normalized spacial score (nSPS) is 20.5. The smallest absolute Gasteiger partial charge is 0.238 e. The van der Waals surface area contributed by atoms with Gasteiger partial charge in [-0.15, -0.1) is 0 Å². The molecule has 1 amide bonds. The van der Waals surface area contributed by atoms with Crippen LogP contribution in [0.5, 0.6) is 5.75 Å². The lowest BCUT2D eigenvalue weighted by Crippen LogP contribution is -2.34. The largest absolute Gasteiger partial charge is 0.495 e. The van der Waals surface area contributed by atoms with Crippen LogP contribution < -0.4 is 10.1 Å². The molecule has 2 unspecified atom stereocenters. The number of nitrogens with one attached hydrogen (secondary N) is 1. The zero-order valence-electron chi connectivity index (χ0n) is 15.4. The molecule has 6 heteroatoms. The maximum absolute atomic E-state index is 12.2. The van der Waals surface area contributed by atoms with E-state index in [1.165, 1.54) is 19.3 Å². The van der Waals surface area contributed by atoms with Crippen LogP contribution in [0.4, 0.5) is 5.69 Å². The number of hydrogen-bond donors (Lipinski definition) is 1. The van der Waals surface area contributed by atoms with Gasteiger partial charge in [-0.2, -0.15) is 0 Å². The highest BCUT2D eigenvalue weighted by molar-refractivity contribution is 6.31. The summed E-state index contributed by atoms with van der Waals surface area (Å²) in [7, 11) is 3.48. The van der Waals surface area contributed by atoms with E-state index in [0.717, 1.165) is 13.0 Å². The maximum atomic E-state index is 12.2. The fourth-order valence-corrected chi connectivity index (χ4v) is 3.35. The predicted octanol–water partition coefficient (Wildman–Crippen LogP) is 3.81. The van der Waals surface area contributed by atoms with Crippen molar-refractivity contribution in [3.05, 3.63) is 23.2 Å². The number of methoxy groups -OCH3 is 1. The SMILES string of the molecule is COc1ccc(Cl)cc1NC(=O)CN(C)CCOC1CCCCC1C. The van der Waals surface area contributed by atoms with Crippen molar-refractivity contribution in [3.63, 3.8) is 0 Å². The van der Waals surface area contributed by atoms with Crippen LogP contribution in [0.25, 0.3) is 0 Å². The number of hydrogen-bond acceptors (Lipinski definition) is 4. The van der Waals surface area contributed by atoms with Gasteiger partial charge in [0.05, 0.1) is 32.1 Å². The highest BCUT2D eigenvalue weighted by Gasteiger charge is 2.21. The molecule has 0 saturated heterocycles. The molecular formula is C19H29ClN2O3. The van der Waals surface area contributed by atoms with Crippen LogP contribution in [0.1, 0.15) is 32.6 Å². The number of anilines is 1. The van der Waals surface area contributed by atoms with E-state index in [-0.39, 0.29) is 5.91 Å². The number of likely N-dealkylation sites (N-methyl/N-ethyl adjacent to an activating group) is 1. The maximum Gasteiger partial charge on any atom is 0.238 e. The Hall–Kier alpha value is -1.30. The molecule has 5 nitrogen and oxygen atoms in total. The van der Waals surface area contributed by atoms with Crippen LogP contribution in [-0.4, -0.2) is 50.8 Å². The van der Waals surface area contributed by atoms with Crippen LogP contribution in [0, 0.1) is 5.92 Å². The Morgan fingerprint density at radius 3 is 2.84 bits per heavy atom. The van der Waals surface area contributed by atoms with Gasteiger partial charge in [0.15, 0.2) is 0 Å². The molecule has 1 aromatic rings. The first kappa shape index (κ1) is 20.0. The minimum absolute atomic E-state index is 0.103. The van der Waals surface area contributed by atoms with E-state index < -0.39 is 0 Å². The third-order valence-electron chi connectivity index (χ3n) is 4.69. The lowest BCUT2D eigenvalue weighted by atomic mass is 9.88. The van der Waals surface area contributed by atoms with E-state index in [0.29, 0.717) is 41.6 Å². The van der Waals surface area contributed by atoms with Crippen LogP contribution in [0.15, 0.2) is 18.2 Å². The van der Waals surface area contributed by atoms with Crippen LogP contribution in [0.3, 0.4) is 0 Å². The van der Waals surface area contributed by atoms with E-state index >= 15 is 0 Å². The highest BCUT2D eigenvalue weighted by atomic mass is 35.5. The second-order valence-electron chi connectivity index (χ2n) is 6.80. The molecule has 0 radical (unpaired) electrons. The number of carbonyl (C=O) groups excluding carboxylic acids is 1. The second kappa shape index (κ2) is 10.00. The van der Waals surface area contributed by atoms with E-state index in [1.807, 2.05) is 11.9 Å². The Bertz CT molecular complexity index is 568. The van der Waals surface area contributed by atoms with Gasteiger partial charge in [0, 0.05) is 11.6 Å². The molecule has 140 valence electrons. The third-order valence-corrected chi connectivity index (χ3v) is 4.92. The number of ether oxygens (including phenoxy) is 2. The van der Waals surface area contributed by atoms with E-state index in [4.69, 9.17) is 21.1 Å². The Labute approximate surface area is 155 Å². The number of carbonyl (C=O) groups is 1. The number of benzene rings is 1. The van der Waals surface area contributed by atoms with Crippen LogP contribution in [0.2, 0.25) is 5.02 Å². The minimum Gasteiger partial charge on any atom is -0.495 e. The fourth-order valence-electron chi connectivity index (χ4n) is 3.18. The quantitative estimate of drug-likeness (QED) is 0.758. The van der Waals surface area contributed by atoms with Gasteiger partial charge < -0.3 is 14.8 Å². The van der Waals surface area contributed by atoms with Gasteiger partial charge in [-0.3, -0.25) is 9.69 Å². The lowest BCUT2D eigenvalue weighted by molar-refractivity contribution is -0.117. The molecule has 0 aromatic heterocycles. The molecule has 2 atom stereocenters. The molecular weight excluding hydrogens is 340 g/mol. The first-order valence-corrected chi connectivity index (χ1v) is 9.31.